The van der Waals surface area contributed by atoms with Gasteiger partial charge in [0, 0.05) is 12.5 Å². The molecule has 0 spiro atoms. The highest BCUT2D eigenvalue weighted by molar-refractivity contribution is 6.40. The van der Waals surface area contributed by atoms with Crippen molar-refractivity contribution < 1.29 is 9.59 Å². The molecule has 2 bridgehead atoms. The number of fused-ring (bicyclic) bond motifs is 2. The van der Waals surface area contributed by atoms with Gasteiger partial charge in [0.05, 0.1) is 6.04 Å². The molecule has 0 aliphatic carbocycles. The minimum absolute atomic E-state index is 0.0822. The van der Waals surface area contributed by atoms with Crippen molar-refractivity contribution >= 4 is 11.6 Å². The zero-order chi connectivity index (χ0) is 8.01. The van der Waals surface area contributed by atoms with Gasteiger partial charge in [-0.15, -0.1) is 0 Å². The van der Waals surface area contributed by atoms with Crippen molar-refractivity contribution in [2.75, 3.05) is 7.05 Å². The summed E-state index contributed by atoms with van der Waals surface area (Å²) in [6, 6.07) is 0.270. The minimum Gasteiger partial charge on any atom is -0.293 e. The summed E-state index contributed by atoms with van der Waals surface area (Å²) in [7, 11) is 1.94. The van der Waals surface area contributed by atoms with Crippen molar-refractivity contribution in [3.05, 3.63) is 0 Å². The molecule has 0 saturated carbocycles. The van der Waals surface area contributed by atoms with Crippen LogP contribution < -0.4 is 0 Å². The Labute approximate surface area is 65.4 Å². The molecule has 2 heterocycles. The lowest BCUT2D eigenvalue weighted by Crippen LogP contribution is -2.47. The molecule has 0 aromatic carbocycles. The van der Waals surface area contributed by atoms with E-state index in [-0.39, 0.29) is 17.6 Å². The van der Waals surface area contributed by atoms with Gasteiger partial charge in [0.1, 0.15) is 0 Å². The highest BCUT2D eigenvalue weighted by atomic mass is 16.2. The number of rotatable bonds is 0. The summed E-state index contributed by atoms with van der Waals surface area (Å²) in [6.07, 6.45) is 2.34. The van der Waals surface area contributed by atoms with Crippen molar-refractivity contribution in [1.29, 1.82) is 0 Å². The molecule has 0 aromatic rings. The summed E-state index contributed by atoms with van der Waals surface area (Å²) < 4.78 is 0. The van der Waals surface area contributed by atoms with Gasteiger partial charge >= 0.3 is 0 Å². The molecular weight excluding hydrogens is 142 g/mol. The Bertz CT molecular complexity index is 224. The molecule has 2 aliphatic rings. The maximum atomic E-state index is 11.2. The Morgan fingerprint density at radius 3 is 2.82 bits per heavy atom. The number of carbonyl (C=O) groups excluding carboxylic acids is 2. The van der Waals surface area contributed by atoms with E-state index in [9.17, 15) is 9.59 Å². The SMILES string of the molecule is CN1C2CCC1C(=O)C(=O)C2. The molecule has 2 saturated heterocycles. The second-order valence-electron chi connectivity index (χ2n) is 3.40. The van der Waals surface area contributed by atoms with Crippen molar-refractivity contribution in [3.63, 3.8) is 0 Å². The van der Waals surface area contributed by atoms with Gasteiger partial charge in [-0.3, -0.25) is 14.5 Å². The van der Waals surface area contributed by atoms with E-state index in [0.29, 0.717) is 12.5 Å². The van der Waals surface area contributed by atoms with E-state index < -0.39 is 0 Å². The van der Waals surface area contributed by atoms with E-state index in [1.54, 1.807) is 0 Å². The highest BCUT2D eigenvalue weighted by Gasteiger charge is 2.43. The van der Waals surface area contributed by atoms with Gasteiger partial charge in [-0.05, 0) is 19.9 Å². The first-order chi connectivity index (χ1) is 5.20. The van der Waals surface area contributed by atoms with Gasteiger partial charge < -0.3 is 0 Å². The molecular formula is C8H11NO2. The molecule has 0 radical (unpaired) electrons. The first-order valence-electron chi connectivity index (χ1n) is 3.99. The lowest BCUT2D eigenvalue weighted by Gasteiger charge is -2.28. The normalized spacial score (nSPS) is 38.3. The molecule has 60 valence electrons. The van der Waals surface area contributed by atoms with Crippen LogP contribution in [0.3, 0.4) is 0 Å². The number of carbonyl (C=O) groups is 2. The smallest absolute Gasteiger partial charge is 0.215 e. The molecule has 2 fully saturated rings. The summed E-state index contributed by atoms with van der Waals surface area (Å²) in [5.41, 5.74) is 0. The van der Waals surface area contributed by atoms with Crippen LogP contribution >= 0.6 is 0 Å². The quantitative estimate of drug-likeness (QED) is 0.459. The van der Waals surface area contributed by atoms with E-state index in [0.717, 1.165) is 12.8 Å². The van der Waals surface area contributed by atoms with Crippen LogP contribution in [-0.2, 0) is 9.59 Å². The highest BCUT2D eigenvalue weighted by Crippen LogP contribution is 2.29. The first kappa shape index (κ1) is 6.98. The van der Waals surface area contributed by atoms with Crippen LogP contribution in [0.2, 0.25) is 0 Å². The monoisotopic (exact) mass is 153 g/mol. The summed E-state index contributed by atoms with van der Waals surface area (Å²) in [6.45, 7) is 0. The number of likely N-dealkylation sites (N-methyl/N-ethyl adjacent to an activating group) is 1. The zero-order valence-electron chi connectivity index (χ0n) is 6.54. The second-order valence-corrected chi connectivity index (χ2v) is 3.40. The third kappa shape index (κ3) is 0.839. The largest absolute Gasteiger partial charge is 0.293 e. The van der Waals surface area contributed by atoms with Crippen LogP contribution in [0, 0.1) is 0 Å². The molecule has 3 heteroatoms. The number of ketones is 2. The molecule has 3 nitrogen and oxygen atoms in total. The first-order valence-corrected chi connectivity index (χ1v) is 3.99. The molecule has 11 heavy (non-hydrogen) atoms. The van der Waals surface area contributed by atoms with Crippen LogP contribution in [-0.4, -0.2) is 35.6 Å². The lowest BCUT2D eigenvalue weighted by molar-refractivity contribution is -0.142. The second kappa shape index (κ2) is 2.14. The van der Waals surface area contributed by atoms with Crippen LogP contribution in [0.1, 0.15) is 19.3 Å². The average Bonchev–Trinajstić information content (AvgIpc) is 2.23. The van der Waals surface area contributed by atoms with Crippen molar-refractivity contribution in [3.8, 4) is 0 Å². The minimum atomic E-state index is -0.166. The van der Waals surface area contributed by atoms with Crippen LogP contribution in [0.4, 0.5) is 0 Å². The maximum absolute atomic E-state index is 11.2. The Morgan fingerprint density at radius 2 is 2.09 bits per heavy atom. The molecule has 0 amide bonds. The third-order valence-electron chi connectivity index (χ3n) is 2.84. The fourth-order valence-electron chi connectivity index (χ4n) is 2.07. The Hall–Kier alpha value is -0.700. The standard InChI is InChI=1S/C8H11NO2/c1-9-5-2-3-6(9)8(11)7(10)4-5/h5-6H,2-4H2,1H3. The molecule has 0 N–H and O–H groups in total. The number of Topliss-reactive ketones (excluding diaryl/α,β-unsaturated/α-hetero) is 2. The fraction of sp³-hybridized carbons (Fsp3) is 0.750. The lowest BCUT2D eigenvalue weighted by atomic mass is 10.0. The summed E-state index contributed by atoms with van der Waals surface area (Å²) in [4.78, 5) is 24.3. The third-order valence-corrected chi connectivity index (χ3v) is 2.84. The van der Waals surface area contributed by atoms with E-state index in [2.05, 4.69) is 0 Å². The van der Waals surface area contributed by atoms with Crippen LogP contribution in [0.5, 0.6) is 0 Å². The zero-order valence-corrected chi connectivity index (χ0v) is 6.54. The predicted molar refractivity (Wildman–Crippen MR) is 39.2 cm³/mol. The fourth-order valence-corrected chi connectivity index (χ4v) is 2.07. The number of hydrogen-bond donors (Lipinski definition) is 0. The van der Waals surface area contributed by atoms with E-state index >= 15 is 0 Å². The topological polar surface area (TPSA) is 37.4 Å². The van der Waals surface area contributed by atoms with Crippen LogP contribution in [0.25, 0.3) is 0 Å². The maximum Gasteiger partial charge on any atom is 0.215 e. The molecule has 2 rings (SSSR count). The van der Waals surface area contributed by atoms with Crippen molar-refractivity contribution in [2.45, 2.75) is 31.3 Å². The summed E-state index contributed by atoms with van der Waals surface area (Å²) in [5, 5.41) is 0. The average molecular weight is 153 g/mol. The van der Waals surface area contributed by atoms with Crippen molar-refractivity contribution in [2.24, 2.45) is 0 Å². The van der Waals surface area contributed by atoms with Gasteiger partial charge in [0.2, 0.25) is 11.6 Å². The predicted octanol–water partition coefficient (Wildman–Crippen LogP) is -0.00890. The number of piperidine rings is 1. The molecule has 0 aromatic heterocycles. The molecule has 2 atom stereocenters. The Morgan fingerprint density at radius 1 is 1.36 bits per heavy atom. The van der Waals surface area contributed by atoms with E-state index in [4.69, 9.17) is 0 Å². The van der Waals surface area contributed by atoms with Gasteiger partial charge in [0.25, 0.3) is 0 Å². The van der Waals surface area contributed by atoms with Crippen LogP contribution in [0.15, 0.2) is 0 Å². The van der Waals surface area contributed by atoms with Gasteiger partial charge in [-0.2, -0.15) is 0 Å². The van der Waals surface area contributed by atoms with Gasteiger partial charge in [-0.25, -0.2) is 0 Å². The summed E-state index contributed by atoms with van der Waals surface area (Å²) in [5.74, 6) is -0.322. The van der Waals surface area contributed by atoms with Gasteiger partial charge in [-0.1, -0.05) is 0 Å². The summed E-state index contributed by atoms with van der Waals surface area (Å²) >= 11 is 0. The Kier molecular flexibility index (Phi) is 1.36. The van der Waals surface area contributed by atoms with Gasteiger partial charge in [0.15, 0.2) is 0 Å². The molecule has 2 unspecified atom stereocenters. The molecule has 2 aliphatic heterocycles. The number of hydrogen-bond acceptors (Lipinski definition) is 3. The number of nitrogens with zero attached hydrogens (tertiary/aromatic N) is 1. The van der Waals surface area contributed by atoms with E-state index in [1.165, 1.54) is 0 Å². The Balaban J connectivity index is 2.29. The van der Waals surface area contributed by atoms with E-state index in [1.807, 2.05) is 11.9 Å². The van der Waals surface area contributed by atoms with Crippen molar-refractivity contribution in [1.82, 2.24) is 4.90 Å².